The highest BCUT2D eigenvalue weighted by Crippen LogP contribution is 2.13. The minimum atomic E-state index is -1.03. The second-order valence-corrected chi connectivity index (χ2v) is 3.54. The molecule has 1 unspecified atom stereocenters. The first kappa shape index (κ1) is 6.73. The molecule has 11 heavy (non-hydrogen) atoms. The van der Waals surface area contributed by atoms with Gasteiger partial charge in [-0.2, -0.15) is 4.40 Å². The SMILES string of the molecule is O=S1Cc2ccccc2C=N1. The first-order valence-corrected chi connectivity index (χ1v) is 4.64. The van der Waals surface area contributed by atoms with Gasteiger partial charge in [0.05, 0.1) is 5.75 Å². The summed E-state index contributed by atoms with van der Waals surface area (Å²) in [5.41, 5.74) is 2.22. The monoisotopic (exact) mass is 165 g/mol. The van der Waals surface area contributed by atoms with Crippen LogP contribution in [0.15, 0.2) is 28.7 Å². The zero-order valence-electron chi connectivity index (χ0n) is 5.86. The Kier molecular flexibility index (Phi) is 1.58. The Morgan fingerprint density at radius 2 is 2.18 bits per heavy atom. The molecule has 2 rings (SSSR count). The second-order valence-electron chi connectivity index (χ2n) is 2.40. The Labute approximate surface area is 67.6 Å². The van der Waals surface area contributed by atoms with E-state index in [1.807, 2.05) is 24.3 Å². The number of fused-ring (bicyclic) bond motifs is 1. The van der Waals surface area contributed by atoms with Crippen molar-refractivity contribution >= 4 is 17.2 Å². The molecule has 0 N–H and O–H groups in total. The van der Waals surface area contributed by atoms with E-state index in [0.29, 0.717) is 5.75 Å². The minimum Gasteiger partial charge on any atom is -0.235 e. The lowest BCUT2D eigenvalue weighted by molar-refractivity contribution is 0.683. The highest BCUT2D eigenvalue weighted by Gasteiger charge is 2.07. The van der Waals surface area contributed by atoms with Crippen LogP contribution in [0, 0.1) is 0 Å². The first-order valence-electron chi connectivity index (χ1n) is 3.37. The van der Waals surface area contributed by atoms with Gasteiger partial charge in [0, 0.05) is 6.21 Å². The molecule has 1 aliphatic rings. The summed E-state index contributed by atoms with van der Waals surface area (Å²) in [4.78, 5) is 0. The molecule has 0 aromatic heterocycles. The van der Waals surface area contributed by atoms with Crippen LogP contribution in [0.2, 0.25) is 0 Å². The predicted octanol–water partition coefficient (Wildman–Crippen LogP) is 1.28. The molecule has 1 aromatic carbocycles. The Balaban J connectivity index is 2.54. The van der Waals surface area contributed by atoms with Crippen LogP contribution in [-0.2, 0) is 16.7 Å². The van der Waals surface area contributed by atoms with E-state index in [1.165, 1.54) is 0 Å². The van der Waals surface area contributed by atoms with Gasteiger partial charge in [0.15, 0.2) is 0 Å². The molecule has 0 saturated carbocycles. The normalized spacial score (nSPS) is 21.3. The molecule has 1 heterocycles. The van der Waals surface area contributed by atoms with E-state index in [0.717, 1.165) is 11.1 Å². The van der Waals surface area contributed by atoms with E-state index >= 15 is 0 Å². The Hall–Kier alpha value is -0.960. The lowest BCUT2D eigenvalue weighted by Gasteiger charge is -2.06. The molecule has 1 aliphatic heterocycles. The third-order valence-corrected chi connectivity index (χ3v) is 2.54. The van der Waals surface area contributed by atoms with Crippen LogP contribution in [0.5, 0.6) is 0 Å². The Morgan fingerprint density at radius 1 is 1.36 bits per heavy atom. The van der Waals surface area contributed by atoms with Crippen molar-refractivity contribution in [3.63, 3.8) is 0 Å². The first-order chi connectivity index (χ1) is 5.36. The summed E-state index contributed by atoms with van der Waals surface area (Å²) in [5.74, 6) is 0.562. The summed E-state index contributed by atoms with van der Waals surface area (Å²) in [7, 11) is -1.03. The topological polar surface area (TPSA) is 29.4 Å². The average molecular weight is 165 g/mol. The molecular formula is C8H7NOS. The van der Waals surface area contributed by atoms with Gasteiger partial charge in [-0.05, 0) is 11.1 Å². The maximum Gasteiger partial charge on any atom is 0.143 e. The van der Waals surface area contributed by atoms with Crippen LogP contribution < -0.4 is 0 Å². The number of nitrogens with zero attached hydrogens (tertiary/aromatic N) is 1. The molecule has 1 atom stereocenters. The van der Waals surface area contributed by atoms with E-state index in [2.05, 4.69) is 4.40 Å². The predicted molar refractivity (Wildman–Crippen MR) is 45.9 cm³/mol. The largest absolute Gasteiger partial charge is 0.235 e. The van der Waals surface area contributed by atoms with E-state index in [1.54, 1.807) is 6.21 Å². The molecule has 0 spiro atoms. The van der Waals surface area contributed by atoms with Gasteiger partial charge in [-0.1, -0.05) is 24.3 Å². The van der Waals surface area contributed by atoms with E-state index < -0.39 is 11.0 Å². The molecule has 0 saturated heterocycles. The lowest BCUT2D eigenvalue weighted by Crippen LogP contribution is -2.02. The Morgan fingerprint density at radius 3 is 3.09 bits per heavy atom. The molecule has 0 aliphatic carbocycles. The van der Waals surface area contributed by atoms with Gasteiger partial charge in [-0.3, -0.25) is 0 Å². The molecule has 1 aromatic rings. The summed E-state index contributed by atoms with van der Waals surface area (Å²) in [6, 6.07) is 7.88. The molecule has 0 radical (unpaired) electrons. The fourth-order valence-electron chi connectivity index (χ4n) is 1.08. The van der Waals surface area contributed by atoms with Crippen molar-refractivity contribution in [2.24, 2.45) is 4.40 Å². The van der Waals surface area contributed by atoms with E-state index in [4.69, 9.17) is 0 Å². The minimum absolute atomic E-state index is 0.562. The lowest BCUT2D eigenvalue weighted by atomic mass is 10.1. The maximum atomic E-state index is 10.9. The zero-order valence-corrected chi connectivity index (χ0v) is 6.67. The summed E-state index contributed by atoms with van der Waals surface area (Å²) < 4.78 is 14.8. The molecule has 0 bridgehead atoms. The summed E-state index contributed by atoms with van der Waals surface area (Å²) in [6.07, 6.45) is 1.68. The van der Waals surface area contributed by atoms with Crippen molar-refractivity contribution in [2.45, 2.75) is 5.75 Å². The molecule has 0 fully saturated rings. The third kappa shape index (κ3) is 1.24. The zero-order chi connectivity index (χ0) is 7.68. The molecular weight excluding hydrogens is 158 g/mol. The van der Waals surface area contributed by atoms with Crippen LogP contribution in [0.4, 0.5) is 0 Å². The summed E-state index contributed by atoms with van der Waals surface area (Å²) >= 11 is 0. The van der Waals surface area contributed by atoms with Gasteiger partial charge in [-0.25, -0.2) is 4.21 Å². The summed E-state index contributed by atoms with van der Waals surface area (Å²) in [6.45, 7) is 0. The van der Waals surface area contributed by atoms with Crippen molar-refractivity contribution in [3.05, 3.63) is 35.4 Å². The number of benzene rings is 1. The van der Waals surface area contributed by atoms with Crippen molar-refractivity contribution in [1.82, 2.24) is 0 Å². The van der Waals surface area contributed by atoms with Crippen LogP contribution in [0.3, 0.4) is 0 Å². The van der Waals surface area contributed by atoms with Crippen molar-refractivity contribution in [3.8, 4) is 0 Å². The van der Waals surface area contributed by atoms with E-state index in [-0.39, 0.29) is 0 Å². The third-order valence-electron chi connectivity index (χ3n) is 1.64. The standard InChI is InChI=1S/C8H7NOS/c10-11-6-8-4-2-1-3-7(8)5-9-11/h1-5H,6H2. The Bertz CT molecular complexity index is 333. The second kappa shape index (κ2) is 2.58. The number of rotatable bonds is 0. The maximum absolute atomic E-state index is 10.9. The fourth-order valence-corrected chi connectivity index (χ4v) is 1.91. The molecule has 3 heteroatoms. The van der Waals surface area contributed by atoms with Gasteiger partial charge < -0.3 is 0 Å². The van der Waals surface area contributed by atoms with Crippen molar-refractivity contribution < 1.29 is 4.21 Å². The number of hydrogen-bond donors (Lipinski definition) is 0. The van der Waals surface area contributed by atoms with Gasteiger partial charge >= 0.3 is 0 Å². The van der Waals surface area contributed by atoms with Gasteiger partial charge in [0.1, 0.15) is 11.0 Å². The van der Waals surface area contributed by atoms with Crippen LogP contribution in [0.25, 0.3) is 0 Å². The van der Waals surface area contributed by atoms with Crippen LogP contribution >= 0.6 is 0 Å². The highest BCUT2D eigenvalue weighted by atomic mass is 32.2. The van der Waals surface area contributed by atoms with Gasteiger partial charge in [0.2, 0.25) is 0 Å². The van der Waals surface area contributed by atoms with E-state index in [9.17, 15) is 4.21 Å². The number of hydrogen-bond acceptors (Lipinski definition) is 1. The van der Waals surface area contributed by atoms with Gasteiger partial charge in [-0.15, -0.1) is 0 Å². The molecule has 2 nitrogen and oxygen atoms in total. The van der Waals surface area contributed by atoms with Crippen LogP contribution in [0.1, 0.15) is 11.1 Å². The molecule has 56 valence electrons. The fraction of sp³-hybridized carbons (Fsp3) is 0.125. The average Bonchev–Trinajstić information content (AvgIpc) is 2.04. The highest BCUT2D eigenvalue weighted by molar-refractivity contribution is 7.83. The quantitative estimate of drug-likeness (QED) is 0.569. The van der Waals surface area contributed by atoms with Gasteiger partial charge in [0.25, 0.3) is 0 Å². The van der Waals surface area contributed by atoms with Crippen LogP contribution in [-0.4, -0.2) is 10.4 Å². The van der Waals surface area contributed by atoms with Crippen molar-refractivity contribution in [2.75, 3.05) is 0 Å². The molecule has 0 amide bonds. The summed E-state index contributed by atoms with van der Waals surface area (Å²) in [5, 5.41) is 0. The van der Waals surface area contributed by atoms with Crippen molar-refractivity contribution in [1.29, 1.82) is 0 Å². The smallest absolute Gasteiger partial charge is 0.143 e.